The molecule has 0 saturated carbocycles. The molecule has 7 heteroatoms. The Morgan fingerprint density at radius 3 is 3.00 bits per heavy atom. The van der Waals surface area contributed by atoms with Crippen molar-refractivity contribution in [1.82, 2.24) is 20.3 Å². The average Bonchev–Trinajstić information content (AvgIpc) is 2.72. The Bertz CT molecular complexity index is 964. The van der Waals surface area contributed by atoms with Gasteiger partial charge in [-0.25, -0.2) is 14.4 Å². The molecule has 3 heterocycles. The highest BCUT2D eigenvalue weighted by Gasteiger charge is 2.26. The molecule has 0 radical (unpaired) electrons. The van der Waals surface area contributed by atoms with Gasteiger partial charge in [-0.1, -0.05) is 12.1 Å². The summed E-state index contributed by atoms with van der Waals surface area (Å²) in [7, 11) is 0. The number of halogens is 1. The second kappa shape index (κ2) is 7.65. The third-order valence-electron chi connectivity index (χ3n) is 4.82. The van der Waals surface area contributed by atoms with E-state index in [-0.39, 0.29) is 17.6 Å². The molecule has 0 aliphatic carbocycles. The van der Waals surface area contributed by atoms with Crippen molar-refractivity contribution >= 4 is 22.8 Å². The quantitative estimate of drug-likeness (QED) is 0.770. The number of carbonyl (C=O) groups excluding carboxylic acids is 1. The highest BCUT2D eigenvalue weighted by Crippen LogP contribution is 2.24. The van der Waals surface area contributed by atoms with Gasteiger partial charge in [0, 0.05) is 32.0 Å². The van der Waals surface area contributed by atoms with Crippen LogP contribution in [0.25, 0.3) is 11.2 Å². The third-order valence-corrected chi connectivity index (χ3v) is 4.82. The molecule has 0 bridgehead atoms. The number of nitrogens with one attached hydrogen (secondary N) is 1. The van der Waals surface area contributed by atoms with Crippen LogP contribution in [0.5, 0.6) is 0 Å². The number of anilines is 1. The number of rotatable bonds is 4. The maximum atomic E-state index is 13.3. The molecule has 6 nitrogen and oxygen atoms in total. The number of amides is 1. The molecule has 3 aromatic rings. The van der Waals surface area contributed by atoms with Crippen LogP contribution in [0.2, 0.25) is 0 Å². The van der Waals surface area contributed by atoms with Crippen LogP contribution in [0.4, 0.5) is 10.1 Å². The Hall–Kier alpha value is -3.09. The number of aromatic nitrogens is 3. The summed E-state index contributed by atoms with van der Waals surface area (Å²) in [5.41, 5.74) is 3.06. The van der Waals surface area contributed by atoms with E-state index in [1.807, 2.05) is 6.07 Å². The van der Waals surface area contributed by atoms with Gasteiger partial charge in [0.2, 0.25) is 5.91 Å². The van der Waals surface area contributed by atoms with Crippen LogP contribution in [0, 0.1) is 11.7 Å². The summed E-state index contributed by atoms with van der Waals surface area (Å²) >= 11 is 0. The average molecular weight is 365 g/mol. The molecule has 0 spiro atoms. The van der Waals surface area contributed by atoms with Crippen LogP contribution < -0.4 is 10.2 Å². The number of benzene rings is 1. The lowest BCUT2D eigenvalue weighted by Crippen LogP contribution is -2.43. The van der Waals surface area contributed by atoms with Gasteiger partial charge in [0.25, 0.3) is 0 Å². The van der Waals surface area contributed by atoms with Gasteiger partial charge in [0.05, 0.1) is 17.8 Å². The summed E-state index contributed by atoms with van der Waals surface area (Å²) < 4.78 is 13.3. The predicted octanol–water partition coefficient (Wildman–Crippen LogP) is 2.70. The van der Waals surface area contributed by atoms with Gasteiger partial charge in [-0.2, -0.15) is 0 Å². The number of fused-ring (bicyclic) bond motifs is 1. The summed E-state index contributed by atoms with van der Waals surface area (Å²) in [5.74, 6) is -0.403. The minimum atomic E-state index is -0.294. The van der Waals surface area contributed by atoms with Crippen LogP contribution >= 0.6 is 0 Å². The first kappa shape index (κ1) is 17.3. The van der Waals surface area contributed by atoms with Crippen molar-refractivity contribution in [3.05, 3.63) is 60.3 Å². The van der Waals surface area contributed by atoms with Crippen LogP contribution in [0.3, 0.4) is 0 Å². The second-order valence-corrected chi connectivity index (χ2v) is 6.73. The maximum absolute atomic E-state index is 13.3. The van der Waals surface area contributed by atoms with Crippen LogP contribution in [-0.4, -0.2) is 33.9 Å². The number of hydrogen-bond acceptors (Lipinski definition) is 5. The standard InChI is InChI=1S/C20H20FN5O/c21-16-5-1-3-14(9-16)11-25-20(27)15-4-2-8-26(13-15)17-10-18-19(24-12-17)23-7-6-22-18/h1,3,5-7,9-10,12,15H,2,4,8,11,13H2,(H,25,27). The molecule has 1 aliphatic heterocycles. The molecule has 1 atom stereocenters. The van der Waals surface area contributed by atoms with Gasteiger partial charge < -0.3 is 10.2 Å². The van der Waals surface area contributed by atoms with Crippen LogP contribution in [0.1, 0.15) is 18.4 Å². The summed E-state index contributed by atoms with van der Waals surface area (Å²) in [6.45, 7) is 1.84. The molecule has 1 aliphatic rings. The number of nitrogens with zero attached hydrogens (tertiary/aromatic N) is 4. The topological polar surface area (TPSA) is 71.0 Å². The molecule has 1 unspecified atom stereocenters. The number of piperidine rings is 1. The van der Waals surface area contributed by atoms with Gasteiger partial charge in [-0.05, 0) is 36.6 Å². The molecular formula is C20H20FN5O. The van der Waals surface area contributed by atoms with Crippen molar-refractivity contribution in [3.63, 3.8) is 0 Å². The zero-order valence-electron chi connectivity index (χ0n) is 14.8. The van der Waals surface area contributed by atoms with Crippen molar-refractivity contribution < 1.29 is 9.18 Å². The lowest BCUT2D eigenvalue weighted by molar-refractivity contribution is -0.125. The van der Waals surface area contributed by atoms with E-state index >= 15 is 0 Å². The smallest absolute Gasteiger partial charge is 0.225 e. The first-order valence-corrected chi connectivity index (χ1v) is 9.03. The molecule has 1 aromatic carbocycles. The zero-order valence-corrected chi connectivity index (χ0v) is 14.8. The summed E-state index contributed by atoms with van der Waals surface area (Å²) in [4.78, 5) is 27.6. The largest absolute Gasteiger partial charge is 0.369 e. The van der Waals surface area contributed by atoms with Crippen molar-refractivity contribution in [2.75, 3.05) is 18.0 Å². The highest BCUT2D eigenvalue weighted by molar-refractivity contribution is 5.80. The molecule has 1 N–H and O–H groups in total. The molecule has 1 saturated heterocycles. The first-order chi connectivity index (χ1) is 13.2. The van der Waals surface area contributed by atoms with E-state index < -0.39 is 0 Å². The molecule has 1 fully saturated rings. The Kier molecular flexibility index (Phi) is 4.91. The number of carbonyl (C=O) groups is 1. The Labute approximate surface area is 156 Å². The van der Waals surface area contributed by atoms with Crippen molar-refractivity contribution in [1.29, 1.82) is 0 Å². The van der Waals surface area contributed by atoms with Crippen LogP contribution in [-0.2, 0) is 11.3 Å². The lowest BCUT2D eigenvalue weighted by Gasteiger charge is -2.33. The normalized spacial score (nSPS) is 17.1. The molecule has 1 amide bonds. The SMILES string of the molecule is O=C(NCc1cccc(F)c1)C1CCCN(c2cnc3nccnc3c2)C1. The zero-order chi connectivity index (χ0) is 18.6. The van der Waals surface area contributed by atoms with Crippen molar-refractivity contribution in [2.24, 2.45) is 5.92 Å². The van der Waals surface area contributed by atoms with E-state index in [4.69, 9.17) is 0 Å². The summed E-state index contributed by atoms with van der Waals surface area (Å²) in [6, 6.07) is 8.25. The van der Waals surface area contributed by atoms with E-state index in [0.29, 0.717) is 18.7 Å². The van der Waals surface area contributed by atoms with Gasteiger partial charge in [-0.3, -0.25) is 9.78 Å². The van der Waals surface area contributed by atoms with Gasteiger partial charge in [0.15, 0.2) is 5.65 Å². The van der Waals surface area contributed by atoms with E-state index in [2.05, 4.69) is 25.2 Å². The Morgan fingerprint density at radius 1 is 1.22 bits per heavy atom. The summed E-state index contributed by atoms with van der Waals surface area (Å²) in [6.07, 6.45) is 6.81. The molecule has 2 aromatic heterocycles. The van der Waals surface area contributed by atoms with Crippen molar-refractivity contribution in [3.8, 4) is 0 Å². The fraction of sp³-hybridized carbons (Fsp3) is 0.300. The number of pyridine rings is 1. The Balaban J connectivity index is 1.41. The number of hydrogen-bond donors (Lipinski definition) is 1. The Morgan fingerprint density at radius 2 is 2.11 bits per heavy atom. The molecule has 4 rings (SSSR count). The van der Waals surface area contributed by atoms with Crippen LogP contribution in [0.15, 0.2) is 48.9 Å². The van der Waals surface area contributed by atoms with Gasteiger partial charge in [0.1, 0.15) is 11.3 Å². The van der Waals surface area contributed by atoms with Crippen molar-refractivity contribution in [2.45, 2.75) is 19.4 Å². The fourth-order valence-electron chi connectivity index (χ4n) is 3.43. The van der Waals surface area contributed by atoms with E-state index in [9.17, 15) is 9.18 Å². The van der Waals surface area contributed by atoms with E-state index in [0.717, 1.165) is 36.2 Å². The van der Waals surface area contributed by atoms with E-state index in [1.165, 1.54) is 12.1 Å². The first-order valence-electron chi connectivity index (χ1n) is 9.03. The van der Waals surface area contributed by atoms with Gasteiger partial charge >= 0.3 is 0 Å². The predicted molar refractivity (Wildman–Crippen MR) is 101 cm³/mol. The lowest BCUT2D eigenvalue weighted by atomic mass is 9.96. The minimum Gasteiger partial charge on any atom is -0.369 e. The minimum absolute atomic E-state index is 0.00231. The third kappa shape index (κ3) is 4.02. The molecule has 138 valence electrons. The van der Waals surface area contributed by atoms with E-state index in [1.54, 1.807) is 30.7 Å². The highest BCUT2D eigenvalue weighted by atomic mass is 19.1. The molecule has 27 heavy (non-hydrogen) atoms. The molecular weight excluding hydrogens is 345 g/mol. The summed E-state index contributed by atoms with van der Waals surface area (Å²) in [5, 5.41) is 2.93. The second-order valence-electron chi connectivity index (χ2n) is 6.73. The van der Waals surface area contributed by atoms with Gasteiger partial charge in [-0.15, -0.1) is 0 Å². The monoisotopic (exact) mass is 365 g/mol. The maximum Gasteiger partial charge on any atom is 0.225 e. The fourth-order valence-corrected chi connectivity index (χ4v) is 3.43.